The molecule has 4 aromatic rings. The molecule has 0 radical (unpaired) electrons. The maximum Gasteiger partial charge on any atom is 0.278 e. The summed E-state index contributed by atoms with van der Waals surface area (Å²) in [6.07, 6.45) is 3.37. The van der Waals surface area contributed by atoms with Crippen LogP contribution in [0.3, 0.4) is 0 Å². The number of thiazole rings is 1. The molecule has 4 rings (SSSR count). The third-order valence-electron chi connectivity index (χ3n) is 4.48. The summed E-state index contributed by atoms with van der Waals surface area (Å²) < 4.78 is 8.01. The van der Waals surface area contributed by atoms with E-state index in [0.717, 1.165) is 21.7 Å². The largest absolute Gasteiger partial charge is 0.497 e. The SMILES string of the molecule is COc1ccc2sc(N(Cc3ccccn3)C(=O)c3ccnn3C(C)C)nc2c1. The average molecular weight is 407 g/mol. The molecule has 148 valence electrons. The van der Waals surface area contributed by atoms with Gasteiger partial charge < -0.3 is 4.74 Å². The Hall–Kier alpha value is -3.26. The number of fused-ring (bicyclic) bond motifs is 1. The predicted molar refractivity (Wildman–Crippen MR) is 114 cm³/mol. The minimum Gasteiger partial charge on any atom is -0.497 e. The number of ether oxygens (including phenoxy) is 1. The van der Waals surface area contributed by atoms with Crippen LogP contribution < -0.4 is 9.64 Å². The van der Waals surface area contributed by atoms with E-state index < -0.39 is 0 Å². The number of rotatable bonds is 6. The van der Waals surface area contributed by atoms with Crippen LogP contribution in [0, 0.1) is 0 Å². The van der Waals surface area contributed by atoms with Crippen molar-refractivity contribution in [3.8, 4) is 5.75 Å². The number of anilines is 1. The molecule has 0 saturated carbocycles. The van der Waals surface area contributed by atoms with Crippen molar-refractivity contribution in [1.29, 1.82) is 0 Å². The van der Waals surface area contributed by atoms with E-state index in [1.165, 1.54) is 11.3 Å². The van der Waals surface area contributed by atoms with Gasteiger partial charge in [0.15, 0.2) is 5.13 Å². The zero-order valence-electron chi connectivity index (χ0n) is 16.4. The number of pyridine rings is 1. The molecule has 8 heteroatoms. The Kier molecular flexibility index (Phi) is 5.26. The van der Waals surface area contributed by atoms with E-state index in [-0.39, 0.29) is 11.9 Å². The van der Waals surface area contributed by atoms with Gasteiger partial charge in [-0.15, -0.1) is 0 Å². The summed E-state index contributed by atoms with van der Waals surface area (Å²) in [4.78, 5) is 24.3. The highest BCUT2D eigenvalue weighted by atomic mass is 32.1. The van der Waals surface area contributed by atoms with Gasteiger partial charge in [0.1, 0.15) is 11.4 Å². The first-order valence-electron chi connectivity index (χ1n) is 9.26. The van der Waals surface area contributed by atoms with E-state index in [2.05, 4.69) is 10.1 Å². The summed E-state index contributed by atoms with van der Waals surface area (Å²) in [6, 6.07) is 13.2. The summed E-state index contributed by atoms with van der Waals surface area (Å²) in [6.45, 7) is 4.31. The number of hydrogen-bond donors (Lipinski definition) is 0. The lowest BCUT2D eigenvalue weighted by Crippen LogP contribution is -2.32. The Labute approximate surface area is 172 Å². The van der Waals surface area contributed by atoms with E-state index in [0.29, 0.717) is 17.4 Å². The maximum absolute atomic E-state index is 13.5. The monoisotopic (exact) mass is 407 g/mol. The molecule has 0 bridgehead atoms. The van der Waals surface area contributed by atoms with Crippen LogP contribution in [0.5, 0.6) is 5.75 Å². The Balaban J connectivity index is 1.78. The van der Waals surface area contributed by atoms with Gasteiger partial charge in [0.05, 0.1) is 29.6 Å². The quantitative estimate of drug-likeness (QED) is 0.476. The smallest absolute Gasteiger partial charge is 0.278 e. The highest BCUT2D eigenvalue weighted by Gasteiger charge is 2.25. The molecule has 0 aliphatic rings. The van der Waals surface area contributed by atoms with Crippen LogP contribution >= 0.6 is 11.3 Å². The number of nitrogens with zero attached hydrogens (tertiary/aromatic N) is 5. The maximum atomic E-state index is 13.5. The second kappa shape index (κ2) is 8.00. The zero-order chi connectivity index (χ0) is 20.4. The van der Waals surface area contributed by atoms with Crippen molar-refractivity contribution in [1.82, 2.24) is 19.7 Å². The first kappa shape index (κ1) is 19.1. The second-order valence-electron chi connectivity index (χ2n) is 6.80. The highest BCUT2D eigenvalue weighted by molar-refractivity contribution is 7.22. The van der Waals surface area contributed by atoms with Crippen LogP contribution in [0.25, 0.3) is 10.2 Å². The fourth-order valence-corrected chi connectivity index (χ4v) is 3.99. The van der Waals surface area contributed by atoms with E-state index >= 15 is 0 Å². The molecule has 7 nitrogen and oxygen atoms in total. The summed E-state index contributed by atoms with van der Waals surface area (Å²) in [5.41, 5.74) is 2.10. The summed E-state index contributed by atoms with van der Waals surface area (Å²) in [5, 5.41) is 4.92. The highest BCUT2D eigenvalue weighted by Crippen LogP contribution is 2.32. The Morgan fingerprint density at radius 2 is 2.07 bits per heavy atom. The zero-order valence-corrected chi connectivity index (χ0v) is 17.3. The van der Waals surface area contributed by atoms with Gasteiger partial charge in [-0.1, -0.05) is 17.4 Å². The first-order chi connectivity index (χ1) is 14.1. The molecule has 0 atom stereocenters. The molecule has 3 aromatic heterocycles. The lowest BCUT2D eigenvalue weighted by Gasteiger charge is -2.21. The van der Waals surface area contributed by atoms with Gasteiger partial charge in [-0.05, 0) is 44.2 Å². The van der Waals surface area contributed by atoms with E-state index in [1.54, 1.807) is 35.2 Å². The molecule has 0 fully saturated rings. The van der Waals surface area contributed by atoms with Crippen LogP contribution in [-0.2, 0) is 6.54 Å². The molecule has 0 unspecified atom stereocenters. The lowest BCUT2D eigenvalue weighted by molar-refractivity contribution is 0.0972. The summed E-state index contributed by atoms with van der Waals surface area (Å²) >= 11 is 1.46. The van der Waals surface area contributed by atoms with Crippen molar-refractivity contribution in [2.45, 2.75) is 26.4 Å². The van der Waals surface area contributed by atoms with Crippen molar-refractivity contribution in [3.05, 3.63) is 66.2 Å². The molecular formula is C21H21N5O2S. The standard InChI is InChI=1S/C21H21N5O2S/c1-14(2)26-18(9-11-23-26)20(27)25(13-15-6-4-5-10-22-15)21-24-17-12-16(28-3)7-8-19(17)29-21/h4-12,14H,13H2,1-3H3. The number of amides is 1. The van der Waals surface area contributed by atoms with Gasteiger partial charge in [0.25, 0.3) is 5.91 Å². The van der Waals surface area contributed by atoms with Crippen LogP contribution in [0.2, 0.25) is 0 Å². The second-order valence-corrected chi connectivity index (χ2v) is 7.81. The molecule has 3 heterocycles. The normalized spacial score (nSPS) is 11.2. The molecule has 1 amide bonds. The topological polar surface area (TPSA) is 73.1 Å². The minimum atomic E-state index is -0.159. The van der Waals surface area contributed by atoms with Gasteiger partial charge in [0, 0.05) is 24.5 Å². The molecule has 0 aliphatic carbocycles. The third-order valence-corrected chi connectivity index (χ3v) is 5.54. The van der Waals surface area contributed by atoms with E-state index in [4.69, 9.17) is 9.72 Å². The minimum absolute atomic E-state index is 0.0697. The number of aromatic nitrogens is 4. The van der Waals surface area contributed by atoms with Gasteiger partial charge in [-0.2, -0.15) is 5.10 Å². The molecule has 29 heavy (non-hydrogen) atoms. The van der Waals surface area contributed by atoms with Crippen LogP contribution in [0.1, 0.15) is 36.1 Å². The Morgan fingerprint density at radius 3 is 2.79 bits per heavy atom. The Morgan fingerprint density at radius 1 is 1.21 bits per heavy atom. The molecule has 0 spiro atoms. The van der Waals surface area contributed by atoms with Crippen molar-refractivity contribution in [3.63, 3.8) is 0 Å². The number of carbonyl (C=O) groups excluding carboxylic acids is 1. The number of hydrogen-bond acceptors (Lipinski definition) is 6. The van der Waals surface area contributed by atoms with Crippen molar-refractivity contribution < 1.29 is 9.53 Å². The van der Waals surface area contributed by atoms with Crippen LogP contribution in [0.4, 0.5) is 5.13 Å². The molecule has 0 N–H and O–H groups in total. The number of benzene rings is 1. The van der Waals surface area contributed by atoms with Crippen LogP contribution in [0.15, 0.2) is 54.9 Å². The van der Waals surface area contributed by atoms with Crippen molar-refractivity contribution >= 4 is 32.6 Å². The first-order valence-corrected chi connectivity index (χ1v) is 10.1. The van der Waals surface area contributed by atoms with Crippen molar-refractivity contribution in [2.24, 2.45) is 0 Å². The third kappa shape index (κ3) is 3.84. The Bertz CT molecular complexity index is 1140. The molecular weight excluding hydrogens is 386 g/mol. The summed E-state index contributed by atoms with van der Waals surface area (Å²) in [7, 11) is 1.62. The van der Waals surface area contributed by atoms with Crippen molar-refractivity contribution in [2.75, 3.05) is 12.0 Å². The number of carbonyl (C=O) groups is 1. The fraction of sp³-hybridized carbons (Fsp3) is 0.238. The fourth-order valence-electron chi connectivity index (χ4n) is 3.05. The van der Waals surface area contributed by atoms with Gasteiger partial charge in [0.2, 0.25) is 0 Å². The van der Waals surface area contributed by atoms with Crippen LogP contribution in [-0.4, -0.2) is 32.8 Å². The van der Waals surface area contributed by atoms with Gasteiger partial charge in [-0.25, -0.2) is 4.98 Å². The molecule has 1 aromatic carbocycles. The van der Waals surface area contributed by atoms with Gasteiger partial charge in [-0.3, -0.25) is 19.4 Å². The van der Waals surface area contributed by atoms with E-state index in [1.807, 2.05) is 50.2 Å². The van der Waals surface area contributed by atoms with Gasteiger partial charge >= 0.3 is 0 Å². The lowest BCUT2D eigenvalue weighted by atomic mass is 10.3. The van der Waals surface area contributed by atoms with E-state index in [9.17, 15) is 4.79 Å². The number of methoxy groups -OCH3 is 1. The molecule has 0 aliphatic heterocycles. The predicted octanol–water partition coefficient (Wildman–Crippen LogP) is 4.32. The average Bonchev–Trinajstić information content (AvgIpc) is 3.38. The molecule has 0 saturated heterocycles. The summed E-state index contributed by atoms with van der Waals surface area (Å²) in [5.74, 6) is 0.572.